The van der Waals surface area contributed by atoms with Gasteiger partial charge in [-0.1, -0.05) is 30.2 Å². The highest BCUT2D eigenvalue weighted by Crippen LogP contribution is 2.31. The van der Waals surface area contributed by atoms with Crippen molar-refractivity contribution in [2.45, 2.75) is 11.4 Å². The molecule has 27 heavy (non-hydrogen) atoms. The van der Waals surface area contributed by atoms with Gasteiger partial charge in [0.25, 0.3) is 10.0 Å². The minimum Gasteiger partial charge on any atom is -0.494 e. The molecule has 6 nitrogen and oxygen atoms in total. The zero-order valence-electron chi connectivity index (χ0n) is 14.4. The summed E-state index contributed by atoms with van der Waals surface area (Å²) < 4.78 is 48.1. The molecule has 3 rings (SSSR count). The Kier molecular flexibility index (Phi) is 5.14. The Hall–Kier alpha value is -3.31. The van der Waals surface area contributed by atoms with Crippen LogP contribution in [-0.2, 0) is 16.6 Å². The number of nitrogens with one attached hydrogen (secondary N) is 1. The summed E-state index contributed by atoms with van der Waals surface area (Å²) in [5.41, 5.74) is 0.827. The number of anilines is 1. The van der Waals surface area contributed by atoms with Crippen LogP contribution < -0.4 is 9.46 Å². The van der Waals surface area contributed by atoms with Crippen molar-refractivity contribution in [2.75, 3.05) is 11.8 Å². The Morgan fingerprint density at radius 1 is 1.26 bits per heavy atom. The molecule has 0 aliphatic rings. The van der Waals surface area contributed by atoms with Crippen molar-refractivity contribution in [1.82, 2.24) is 9.78 Å². The Bertz CT molecular complexity index is 1100. The number of ether oxygens (including phenoxy) is 1. The largest absolute Gasteiger partial charge is 0.494 e. The summed E-state index contributed by atoms with van der Waals surface area (Å²) in [6, 6.07) is 12.2. The van der Waals surface area contributed by atoms with Crippen LogP contribution in [0.3, 0.4) is 0 Å². The van der Waals surface area contributed by atoms with E-state index in [0.29, 0.717) is 11.1 Å². The molecule has 1 aromatic heterocycles. The van der Waals surface area contributed by atoms with Gasteiger partial charge in [0, 0.05) is 11.8 Å². The molecular formula is C19H16FN3O3S. The molecule has 8 heteroatoms. The van der Waals surface area contributed by atoms with Gasteiger partial charge in [-0.15, -0.1) is 6.42 Å². The van der Waals surface area contributed by atoms with Gasteiger partial charge in [-0.05, 0) is 29.8 Å². The zero-order chi connectivity index (χ0) is 19.4. The van der Waals surface area contributed by atoms with E-state index in [0.717, 1.165) is 0 Å². The number of hydrogen-bond acceptors (Lipinski definition) is 4. The van der Waals surface area contributed by atoms with E-state index in [1.54, 1.807) is 30.5 Å². The Morgan fingerprint density at radius 3 is 2.63 bits per heavy atom. The molecule has 0 aliphatic carbocycles. The van der Waals surface area contributed by atoms with E-state index in [2.05, 4.69) is 15.7 Å². The number of aromatic nitrogens is 2. The van der Waals surface area contributed by atoms with Crippen molar-refractivity contribution in [3.05, 3.63) is 60.5 Å². The van der Waals surface area contributed by atoms with Crippen LogP contribution in [0.5, 0.6) is 5.75 Å². The number of halogens is 1. The van der Waals surface area contributed by atoms with Crippen LogP contribution >= 0.6 is 0 Å². The summed E-state index contributed by atoms with van der Waals surface area (Å²) in [7, 11) is -2.50. The van der Waals surface area contributed by atoms with Gasteiger partial charge in [0.1, 0.15) is 6.54 Å². The predicted molar refractivity (Wildman–Crippen MR) is 100 cm³/mol. The number of sulfonamides is 1. The van der Waals surface area contributed by atoms with Gasteiger partial charge in [-0.2, -0.15) is 5.10 Å². The molecule has 0 unspecified atom stereocenters. The summed E-state index contributed by atoms with van der Waals surface area (Å²) >= 11 is 0. The van der Waals surface area contributed by atoms with Crippen LogP contribution in [0.1, 0.15) is 0 Å². The standard InChI is InChI=1S/C19H16FN3O3S/c1-3-11-23-13-16(14-9-10-18(26-2)17(20)12-14)19(21-23)22-27(24,25)15-7-5-4-6-8-15/h1,4-10,12-13H,11H2,2H3,(H,21,22). The summed E-state index contributed by atoms with van der Waals surface area (Å²) in [5.74, 6) is 2.00. The van der Waals surface area contributed by atoms with E-state index >= 15 is 0 Å². The SMILES string of the molecule is C#CCn1cc(-c2ccc(OC)c(F)c2)c(NS(=O)(=O)c2ccccc2)n1. The van der Waals surface area contributed by atoms with Gasteiger partial charge in [0.2, 0.25) is 0 Å². The molecule has 1 heterocycles. The van der Waals surface area contributed by atoms with Gasteiger partial charge in [-0.25, -0.2) is 12.8 Å². The topological polar surface area (TPSA) is 73.2 Å². The average molecular weight is 385 g/mol. The summed E-state index contributed by atoms with van der Waals surface area (Å²) in [6.45, 7) is 0.138. The zero-order valence-corrected chi connectivity index (χ0v) is 15.2. The first-order chi connectivity index (χ1) is 12.9. The third-order valence-electron chi connectivity index (χ3n) is 3.76. The lowest BCUT2D eigenvalue weighted by molar-refractivity contribution is 0.386. The second-order valence-electron chi connectivity index (χ2n) is 5.56. The molecule has 0 spiro atoms. The maximum atomic E-state index is 14.1. The van der Waals surface area contributed by atoms with Crippen LogP contribution in [0.15, 0.2) is 59.6 Å². The Labute approximate surface area is 156 Å². The Balaban J connectivity index is 2.05. The molecule has 2 aromatic carbocycles. The second-order valence-corrected chi connectivity index (χ2v) is 7.24. The van der Waals surface area contributed by atoms with Crippen LogP contribution in [0.4, 0.5) is 10.2 Å². The highest BCUT2D eigenvalue weighted by molar-refractivity contribution is 7.92. The average Bonchev–Trinajstić information content (AvgIpc) is 3.04. The van der Waals surface area contributed by atoms with E-state index in [1.165, 1.54) is 36.1 Å². The van der Waals surface area contributed by atoms with Crippen molar-refractivity contribution in [2.24, 2.45) is 0 Å². The first kappa shape index (κ1) is 18.5. The van der Waals surface area contributed by atoms with Crippen LogP contribution in [0, 0.1) is 18.2 Å². The van der Waals surface area contributed by atoms with Crippen molar-refractivity contribution in [3.8, 4) is 29.2 Å². The highest BCUT2D eigenvalue weighted by atomic mass is 32.2. The van der Waals surface area contributed by atoms with Gasteiger partial charge in [0.05, 0.1) is 12.0 Å². The number of hydrogen-bond donors (Lipinski definition) is 1. The lowest BCUT2D eigenvalue weighted by atomic mass is 10.1. The minimum absolute atomic E-state index is 0.0543. The Morgan fingerprint density at radius 2 is 2.00 bits per heavy atom. The normalized spacial score (nSPS) is 11.0. The third-order valence-corrected chi connectivity index (χ3v) is 5.12. The molecule has 0 fully saturated rings. The van der Waals surface area contributed by atoms with Crippen molar-refractivity contribution in [1.29, 1.82) is 0 Å². The molecule has 3 aromatic rings. The van der Waals surface area contributed by atoms with E-state index < -0.39 is 15.8 Å². The molecule has 0 atom stereocenters. The molecule has 0 amide bonds. The number of rotatable bonds is 6. The molecule has 0 saturated carbocycles. The number of nitrogens with zero attached hydrogens (tertiary/aromatic N) is 2. The molecular weight excluding hydrogens is 369 g/mol. The molecule has 0 aliphatic heterocycles. The number of terminal acetylenes is 1. The van der Waals surface area contributed by atoms with E-state index in [-0.39, 0.29) is 23.0 Å². The van der Waals surface area contributed by atoms with Crippen LogP contribution in [0.2, 0.25) is 0 Å². The summed E-state index contributed by atoms with van der Waals surface area (Å²) in [6.07, 6.45) is 6.87. The number of methoxy groups -OCH3 is 1. The second kappa shape index (κ2) is 7.51. The molecule has 0 radical (unpaired) electrons. The monoisotopic (exact) mass is 385 g/mol. The highest BCUT2D eigenvalue weighted by Gasteiger charge is 2.20. The fraction of sp³-hybridized carbons (Fsp3) is 0.105. The van der Waals surface area contributed by atoms with Crippen molar-refractivity contribution < 1.29 is 17.5 Å². The fourth-order valence-corrected chi connectivity index (χ4v) is 3.54. The fourth-order valence-electron chi connectivity index (χ4n) is 2.50. The first-order valence-electron chi connectivity index (χ1n) is 7.87. The smallest absolute Gasteiger partial charge is 0.263 e. The lowest BCUT2D eigenvalue weighted by Crippen LogP contribution is -2.14. The molecule has 0 bridgehead atoms. The molecule has 138 valence electrons. The van der Waals surface area contributed by atoms with E-state index in [1.807, 2.05) is 0 Å². The minimum atomic E-state index is -3.86. The van der Waals surface area contributed by atoms with Gasteiger partial charge >= 0.3 is 0 Å². The van der Waals surface area contributed by atoms with Crippen LogP contribution in [0.25, 0.3) is 11.1 Å². The van der Waals surface area contributed by atoms with Crippen molar-refractivity contribution in [3.63, 3.8) is 0 Å². The first-order valence-corrected chi connectivity index (χ1v) is 9.35. The van der Waals surface area contributed by atoms with Gasteiger partial charge < -0.3 is 4.74 Å². The number of benzene rings is 2. The van der Waals surface area contributed by atoms with E-state index in [9.17, 15) is 12.8 Å². The van der Waals surface area contributed by atoms with Crippen LogP contribution in [-0.4, -0.2) is 25.3 Å². The maximum Gasteiger partial charge on any atom is 0.263 e. The lowest BCUT2D eigenvalue weighted by Gasteiger charge is -2.08. The summed E-state index contributed by atoms with van der Waals surface area (Å²) in [4.78, 5) is 0.0864. The van der Waals surface area contributed by atoms with E-state index in [4.69, 9.17) is 11.2 Å². The molecule has 1 N–H and O–H groups in total. The van der Waals surface area contributed by atoms with Gasteiger partial charge in [-0.3, -0.25) is 9.40 Å². The quantitative estimate of drug-likeness (QED) is 0.662. The summed E-state index contributed by atoms with van der Waals surface area (Å²) in [5, 5.41) is 4.19. The third kappa shape index (κ3) is 3.93. The predicted octanol–water partition coefficient (Wildman–Crippen LogP) is 3.13. The molecule has 0 saturated heterocycles. The maximum absolute atomic E-state index is 14.1. The van der Waals surface area contributed by atoms with Crippen molar-refractivity contribution >= 4 is 15.8 Å². The van der Waals surface area contributed by atoms with Gasteiger partial charge in [0.15, 0.2) is 17.4 Å².